The van der Waals surface area contributed by atoms with Gasteiger partial charge in [-0.15, -0.1) is 0 Å². The molecule has 0 bridgehead atoms. The van der Waals surface area contributed by atoms with E-state index in [9.17, 15) is 13.6 Å². The van der Waals surface area contributed by atoms with Gasteiger partial charge in [0.25, 0.3) is 0 Å². The molecule has 16 heavy (non-hydrogen) atoms. The molecule has 1 aromatic carbocycles. The maximum Gasteiger partial charge on any atom is 0.220 e. The summed E-state index contributed by atoms with van der Waals surface area (Å²) in [7, 11) is 0. The quantitative estimate of drug-likeness (QED) is 0.821. The number of halogens is 2. The fraction of sp³-hybridized carbons (Fsp3) is 0.417. The maximum atomic E-state index is 13.4. The number of nitrogens with one attached hydrogen (secondary N) is 1. The zero-order valence-electron chi connectivity index (χ0n) is 9.02. The van der Waals surface area contributed by atoms with Gasteiger partial charge < -0.3 is 5.32 Å². The Balaban J connectivity index is 2.17. The van der Waals surface area contributed by atoms with Crippen LogP contribution in [0.1, 0.15) is 25.3 Å². The van der Waals surface area contributed by atoms with E-state index in [1.165, 1.54) is 12.1 Å². The van der Waals surface area contributed by atoms with Crippen molar-refractivity contribution in [2.45, 2.75) is 31.7 Å². The molecule has 2 nitrogen and oxygen atoms in total. The van der Waals surface area contributed by atoms with Crippen LogP contribution in [-0.4, -0.2) is 11.4 Å². The minimum Gasteiger partial charge on any atom is -0.351 e. The van der Waals surface area contributed by atoms with Crippen molar-refractivity contribution in [2.75, 3.05) is 0 Å². The van der Waals surface area contributed by atoms with E-state index in [-0.39, 0.29) is 5.91 Å². The highest BCUT2D eigenvalue weighted by atomic mass is 19.1. The van der Waals surface area contributed by atoms with Gasteiger partial charge in [0.15, 0.2) is 0 Å². The van der Waals surface area contributed by atoms with Crippen molar-refractivity contribution in [3.05, 3.63) is 35.4 Å². The molecule has 1 amide bonds. The van der Waals surface area contributed by atoms with Gasteiger partial charge in [-0.05, 0) is 31.4 Å². The van der Waals surface area contributed by atoms with Crippen LogP contribution in [0.5, 0.6) is 0 Å². The van der Waals surface area contributed by atoms with Gasteiger partial charge in [0.05, 0.1) is 0 Å². The average Bonchev–Trinajstić information content (AvgIpc) is 2.52. The third kappa shape index (κ3) is 2.21. The standard InChI is InChI=1S/C12H13F2NO/c1-12(5-4-11(16)15-12)7-8-2-3-9(13)6-10(8)14/h2-3,6H,4-5,7H2,1H3,(H,15,16). The van der Waals surface area contributed by atoms with Crippen LogP contribution in [-0.2, 0) is 11.2 Å². The van der Waals surface area contributed by atoms with Gasteiger partial charge in [-0.2, -0.15) is 0 Å². The summed E-state index contributed by atoms with van der Waals surface area (Å²) in [5.74, 6) is -1.14. The highest BCUT2D eigenvalue weighted by Gasteiger charge is 2.33. The summed E-state index contributed by atoms with van der Waals surface area (Å²) >= 11 is 0. The molecule has 1 aliphatic rings. The van der Waals surface area contributed by atoms with E-state index < -0.39 is 17.2 Å². The zero-order chi connectivity index (χ0) is 11.8. The first-order chi connectivity index (χ1) is 7.48. The van der Waals surface area contributed by atoms with Crippen LogP contribution in [0.2, 0.25) is 0 Å². The lowest BCUT2D eigenvalue weighted by Crippen LogP contribution is -2.40. The predicted octanol–water partition coefficient (Wildman–Crippen LogP) is 2.18. The molecule has 1 fully saturated rings. The topological polar surface area (TPSA) is 29.1 Å². The summed E-state index contributed by atoms with van der Waals surface area (Å²) in [6, 6.07) is 3.54. The molecule has 2 rings (SSSR count). The predicted molar refractivity (Wildman–Crippen MR) is 55.8 cm³/mol. The Morgan fingerprint density at radius 2 is 2.19 bits per heavy atom. The van der Waals surface area contributed by atoms with Gasteiger partial charge in [-0.3, -0.25) is 4.79 Å². The van der Waals surface area contributed by atoms with Crippen LogP contribution in [0.3, 0.4) is 0 Å². The molecule has 86 valence electrons. The summed E-state index contributed by atoms with van der Waals surface area (Å²) in [6.45, 7) is 1.88. The van der Waals surface area contributed by atoms with Crippen molar-refractivity contribution in [1.29, 1.82) is 0 Å². The van der Waals surface area contributed by atoms with Crippen LogP contribution in [0.4, 0.5) is 8.78 Å². The second kappa shape index (κ2) is 3.85. The zero-order valence-corrected chi connectivity index (χ0v) is 9.02. The number of amides is 1. The van der Waals surface area contributed by atoms with Gasteiger partial charge >= 0.3 is 0 Å². The maximum absolute atomic E-state index is 13.4. The van der Waals surface area contributed by atoms with Gasteiger partial charge in [-0.25, -0.2) is 8.78 Å². The van der Waals surface area contributed by atoms with Crippen LogP contribution >= 0.6 is 0 Å². The first kappa shape index (κ1) is 11.0. The number of rotatable bonds is 2. The van der Waals surface area contributed by atoms with Crippen molar-refractivity contribution in [1.82, 2.24) is 5.32 Å². The summed E-state index contributed by atoms with van der Waals surface area (Å²) in [4.78, 5) is 11.1. The van der Waals surface area contributed by atoms with Gasteiger partial charge in [0, 0.05) is 18.0 Å². The minimum atomic E-state index is -0.582. The second-order valence-electron chi connectivity index (χ2n) is 4.52. The molecular weight excluding hydrogens is 212 g/mol. The minimum absolute atomic E-state index is 0.00924. The third-order valence-corrected chi connectivity index (χ3v) is 2.94. The molecule has 1 aliphatic heterocycles. The molecule has 0 radical (unpaired) electrons. The molecule has 0 saturated carbocycles. The van der Waals surface area contributed by atoms with Crippen molar-refractivity contribution in [3.63, 3.8) is 0 Å². The Morgan fingerprint density at radius 1 is 1.44 bits per heavy atom. The lowest BCUT2D eigenvalue weighted by atomic mass is 9.91. The molecule has 0 spiro atoms. The molecule has 1 heterocycles. The van der Waals surface area contributed by atoms with E-state index in [0.29, 0.717) is 24.8 Å². The molecule has 0 aliphatic carbocycles. The molecule has 1 N–H and O–H groups in total. The van der Waals surface area contributed by atoms with E-state index in [0.717, 1.165) is 6.07 Å². The highest BCUT2D eigenvalue weighted by Crippen LogP contribution is 2.25. The van der Waals surface area contributed by atoms with E-state index in [1.807, 2.05) is 6.92 Å². The van der Waals surface area contributed by atoms with Crippen molar-refractivity contribution in [3.8, 4) is 0 Å². The molecule has 1 aromatic rings. The van der Waals surface area contributed by atoms with Crippen molar-refractivity contribution in [2.24, 2.45) is 0 Å². The molecule has 1 saturated heterocycles. The number of hydrogen-bond acceptors (Lipinski definition) is 1. The normalized spacial score (nSPS) is 24.6. The highest BCUT2D eigenvalue weighted by molar-refractivity contribution is 5.79. The van der Waals surface area contributed by atoms with E-state index >= 15 is 0 Å². The lowest BCUT2D eigenvalue weighted by Gasteiger charge is -2.24. The molecule has 1 unspecified atom stereocenters. The SMILES string of the molecule is CC1(Cc2ccc(F)cc2F)CCC(=O)N1. The number of hydrogen-bond donors (Lipinski definition) is 1. The largest absolute Gasteiger partial charge is 0.351 e. The van der Waals surface area contributed by atoms with Crippen LogP contribution < -0.4 is 5.32 Å². The fourth-order valence-corrected chi connectivity index (χ4v) is 2.07. The number of benzene rings is 1. The third-order valence-electron chi connectivity index (χ3n) is 2.94. The Bertz CT molecular complexity index is 433. The van der Waals surface area contributed by atoms with E-state index in [1.54, 1.807) is 0 Å². The second-order valence-corrected chi connectivity index (χ2v) is 4.52. The monoisotopic (exact) mass is 225 g/mol. The number of carbonyl (C=O) groups is 1. The summed E-state index contributed by atoms with van der Waals surface area (Å²) in [6.07, 6.45) is 1.55. The van der Waals surface area contributed by atoms with E-state index in [2.05, 4.69) is 5.32 Å². The Kier molecular flexibility index (Phi) is 2.66. The van der Waals surface area contributed by atoms with Crippen LogP contribution in [0, 0.1) is 11.6 Å². The summed E-state index contributed by atoms with van der Waals surface area (Å²) in [5.41, 5.74) is 0.0292. The van der Waals surface area contributed by atoms with Crippen molar-refractivity contribution >= 4 is 5.91 Å². The van der Waals surface area contributed by atoms with Gasteiger partial charge in [0.2, 0.25) is 5.91 Å². The smallest absolute Gasteiger partial charge is 0.220 e. The Labute approximate surface area is 92.7 Å². The van der Waals surface area contributed by atoms with E-state index in [4.69, 9.17) is 0 Å². The number of carbonyl (C=O) groups excluding carboxylic acids is 1. The Morgan fingerprint density at radius 3 is 2.75 bits per heavy atom. The summed E-state index contributed by atoms with van der Waals surface area (Å²) in [5, 5.41) is 2.82. The van der Waals surface area contributed by atoms with Crippen LogP contribution in [0.15, 0.2) is 18.2 Å². The molecular formula is C12H13F2NO. The van der Waals surface area contributed by atoms with Gasteiger partial charge in [-0.1, -0.05) is 6.07 Å². The molecule has 1 atom stereocenters. The first-order valence-corrected chi connectivity index (χ1v) is 5.23. The first-order valence-electron chi connectivity index (χ1n) is 5.23. The average molecular weight is 225 g/mol. The summed E-state index contributed by atoms with van der Waals surface area (Å²) < 4.78 is 26.1. The lowest BCUT2D eigenvalue weighted by molar-refractivity contribution is -0.119. The fourth-order valence-electron chi connectivity index (χ4n) is 2.07. The molecule has 0 aromatic heterocycles. The van der Waals surface area contributed by atoms with Crippen LogP contribution in [0.25, 0.3) is 0 Å². The molecule has 4 heteroatoms. The Hall–Kier alpha value is -1.45. The van der Waals surface area contributed by atoms with Gasteiger partial charge in [0.1, 0.15) is 11.6 Å². The van der Waals surface area contributed by atoms with Crippen molar-refractivity contribution < 1.29 is 13.6 Å².